The minimum absolute atomic E-state index is 0.134. The Morgan fingerprint density at radius 1 is 0.920 bits per heavy atom. The van der Waals surface area contributed by atoms with Crippen LogP contribution in [0.1, 0.15) is 17.7 Å². The van der Waals surface area contributed by atoms with Crippen LogP contribution < -0.4 is 0 Å². The summed E-state index contributed by atoms with van der Waals surface area (Å²) < 4.78 is 2.22. The second kappa shape index (κ2) is 8.04. The fourth-order valence-corrected chi connectivity index (χ4v) is 3.11. The van der Waals surface area contributed by atoms with E-state index < -0.39 is 5.97 Å². The Balaban J connectivity index is 1.88. The number of carboxylic acids is 1. The summed E-state index contributed by atoms with van der Waals surface area (Å²) in [6.45, 7) is 0.809. The van der Waals surface area contributed by atoms with Crippen molar-refractivity contribution in [1.82, 2.24) is 4.57 Å². The first-order chi connectivity index (χ1) is 12.1. The fraction of sp³-hybridized carbons (Fsp3) is 0.190. The normalized spacial score (nSPS) is 10.8. The molecule has 0 atom stereocenters. The van der Waals surface area contributed by atoms with Gasteiger partial charge in [-0.25, -0.2) is 0 Å². The molecule has 0 amide bonds. The quantitative estimate of drug-likeness (QED) is 0.644. The van der Waals surface area contributed by atoms with Gasteiger partial charge in [0.25, 0.3) is 0 Å². The minimum Gasteiger partial charge on any atom is -0.481 e. The Morgan fingerprint density at radius 3 is 2.32 bits per heavy atom. The second-order valence-corrected chi connectivity index (χ2v) is 6.43. The van der Waals surface area contributed by atoms with Gasteiger partial charge in [-0.05, 0) is 48.2 Å². The van der Waals surface area contributed by atoms with Crippen molar-refractivity contribution in [3.63, 3.8) is 0 Å². The molecule has 1 aromatic heterocycles. The van der Waals surface area contributed by atoms with Crippen LogP contribution in [0, 0.1) is 0 Å². The Kier molecular flexibility index (Phi) is 5.56. The van der Waals surface area contributed by atoms with Gasteiger partial charge in [0.2, 0.25) is 0 Å². The molecule has 0 aliphatic heterocycles. The Hall–Kier alpha value is -2.52. The molecule has 25 heavy (non-hydrogen) atoms. The van der Waals surface area contributed by atoms with Crippen LogP contribution in [0.25, 0.3) is 11.3 Å². The summed E-state index contributed by atoms with van der Waals surface area (Å²) in [6.07, 6.45) is 1.56. The highest BCUT2D eigenvalue weighted by Gasteiger charge is 2.11. The van der Waals surface area contributed by atoms with E-state index in [2.05, 4.69) is 22.8 Å². The van der Waals surface area contributed by atoms with Gasteiger partial charge in [0.15, 0.2) is 0 Å². The molecule has 1 heterocycles. The molecule has 3 aromatic rings. The van der Waals surface area contributed by atoms with Crippen LogP contribution in [0.4, 0.5) is 0 Å². The van der Waals surface area contributed by atoms with E-state index in [1.165, 1.54) is 5.56 Å². The fourth-order valence-electron chi connectivity index (χ4n) is 2.99. The number of aryl methyl sites for hydroxylation is 2. The van der Waals surface area contributed by atoms with Gasteiger partial charge in [-0.3, -0.25) is 4.79 Å². The molecular formula is C21H20ClNO2. The average Bonchev–Trinajstić information content (AvgIpc) is 3.02. The maximum Gasteiger partial charge on any atom is 0.303 e. The molecule has 2 aromatic carbocycles. The highest BCUT2D eigenvalue weighted by atomic mass is 35.5. The highest BCUT2D eigenvalue weighted by molar-refractivity contribution is 6.30. The molecule has 0 aliphatic carbocycles. The Morgan fingerprint density at radius 2 is 1.64 bits per heavy atom. The lowest BCUT2D eigenvalue weighted by Gasteiger charge is -2.14. The van der Waals surface area contributed by atoms with Crippen molar-refractivity contribution < 1.29 is 9.90 Å². The van der Waals surface area contributed by atoms with Crippen molar-refractivity contribution in [2.24, 2.45) is 0 Å². The number of hydrogen-bond acceptors (Lipinski definition) is 1. The van der Waals surface area contributed by atoms with E-state index in [9.17, 15) is 4.79 Å². The van der Waals surface area contributed by atoms with Gasteiger partial charge in [0.05, 0.1) is 6.42 Å². The molecule has 128 valence electrons. The zero-order valence-electron chi connectivity index (χ0n) is 13.9. The number of benzene rings is 2. The zero-order valence-corrected chi connectivity index (χ0v) is 14.6. The van der Waals surface area contributed by atoms with Crippen molar-refractivity contribution >= 4 is 17.6 Å². The lowest BCUT2D eigenvalue weighted by molar-refractivity contribution is -0.136. The lowest BCUT2D eigenvalue weighted by atomic mass is 10.1. The van der Waals surface area contributed by atoms with Crippen molar-refractivity contribution in [3.8, 4) is 11.3 Å². The molecule has 0 spiro atoms. The molecule has 0 fully saturated rings. The number of nitrogens with zero attached hydrogens (tertiary/aromatic N) is 1. The first-order valence-corrected chi connectivity index (χ1v) is 8.71. The summed E-state index contributed by atoms with van der Waals surface area (Å²) in [6, 6.07) is 22.2. The maximum absolute atomic E-state index is 11.0. The van der Waals surface area contributed by atoms with Crippen molar-refractivity contribution in [1.29, 1.82) is 0 Å². The summed E-state index contributed by atoms with van der Waals surface area (Å²) in [5.74, 6) is -0.774. The molecule has 3 nitrogen and oxygen atoms in total. The first kappa shape index (κ1) is 17.3. The molecule has 0 aliphatic rings. The van der Waals surface area contributed by atoms with Gasteiger partial charge in [-0.2, -0.15) is 0 Å². The second-order valence-electron chi connectivity index (χ2n) is 6.00. The summed E-state index contributed by atoms with van der Waals surface area (Å²) in [5.41, 5.74) is 4.48. The smallest absolute Gasteiger partial charge is 0.303 e. The number of aromatic nitrogens is 1. The van der Waals surface area contributed by atoms with Crippen molar-refractivity contribution in [2.45, 2.75) is 25.8 Å². The molecule has 0 bridgehead atoms. The largest absolute Gasteiger partial charge is 0.481 e. The summed E-state index contributed by atoms with van der Waals surface area (Å²) in [4.78, 5) is 11.0. The van der Waals surface area contributed by atoms with E-state index in [-0.39, 0.29) is 6.42 Å². The van der Waals surface area contributed by atoms with Gasteiger partial charge in [-0.1, -0.05) is 54.1 Å². The molecule has 0 saturated carbocycles. The van der Waals surface area contributed by atoms with Crippen LogP contribution in [0.15, 0.2) is 66.7 Å². The summed E-state index contributed by atoms with van der Waals surface area (Å²) in [5, 5.41) is 9.71. The predicted molar refractivity (Wildman–Crippen MR) is 101 cm³/mol. The summed E-state index contributed by atoms with van der Waals surface area (Å²) in [7, 11) is 0. The zero-order chi connectivity index (χ0) is 17.6. The SMILES string of the molecule is O=C(O)CCc1ccc(-c2ccc(Cl)cc2)n1CCc1ccccc1. The van der Waals surface area contributed by atoms with Gasteiger partial charge < -0.3 is 9.67 Å². The Bertz CT molecular complexity index is 838. The Labute approximate surface area is 152 Å². The van der Waals surface area contributed by atoms with E-state index in [1.54, 1.807) is 0 Å². The van der Waals surface area contributed by atoms with Crippen LogP contribution >= 0.6 is 11.6 Å². The number of carboxylic acid groups (broad SMARTS) is 1. The standard InChI is InChI=1S/C21H20ClNO2/c22-18-8-6-17(7-9-18)20-12-10-19(11-13-21(24)25)23(20)15-14-16-4-2-1-3-5-16/h1-10,12H,11,13-15H2,(H,24,25). The monoisotopic (exact) mass is 353 g/mol. The third kappa shape index (κ3) is 4.52. The molecule has 0 radical (unpaired) electrons. The van der Waals surface area contributed by atoms with Crippen LogP contribution in [-0.4, -0.2) is 15.6 Å². The van der Waals surface area contributed by atoms with Crippen LogP contribution in [0.5, 0.6) is 0 Å². The van der Waals surface area contributed by atoms with Gasteiger partial charge in [-0.15, -0.1) is 0 Å². The average molecular weight is 354 g/mol. The molecular weight excluding hydrogens is 334 g/mol. The number of carbonyl (C=O) groups is 1. The lowest BCUT2D eigenvalue weighted by Crippen LogP contribution is -2.09. The maximum atomic E-state index is 11.0. The highest BCUT2D eigenvalue weighted by Crippen LogP contribution is 2.25. The van der Waals surface area contributed by atoms with Gasteiger partial charge in [0, 0.05) is 23.0 Å². The minimum atomic E-state index is -0.774. The van der Waals surface area contributed by atoms with Crippen LogP contribution in [0.2, 0.25) is 5.02 Å². The van der Waals surface area contributed by atoms with E-state index in [4.69, 9.17) is 16.7 Å². The van der Waals surface area contributed by atoms with Gasteiger partial charge >= 0.3 is 5.97 Å². The number of aliphatic carboxylic acids is 1. The van der Waals surface area contributed by atoms with E-state index >= 15 is 0 Å². The molecule has 4 heteroatoms. The molecule has 1 N–H and O–H groups in total. The molecule has 0 saturated heterocycles. The molecule has 3 rings (SSSR count). The molecule has 0 unspecified atom stereocenters. The van der Waals surface area contributed by atoms with Crippen molar-refractivity contribution in [3.05, 3.63) is 83.0 Å². The van der Waals surface area contributed by atoms with Crippen molar-refractivity contribution in [2.75, 3.05) is 0 Å². The third-order valence-corrected chi connectivity index (χ3v) is 4.52. The topological polar surface area (TPSA) is 42.2 Å². The summed E-state index contributed by atoms with van der Waals surface area (Å²) >= 11 is 6.00. The first-order valence-electron chi connectivity index (χ1n) is 8.33. The van der Waals surface area contributed by atoms with Crippen LogP contribution in [-0.2, 0) is 24.2 Å². The predicted octanol–water partition coefficient (Wildman–Crippen LogP) is 5.07. The third-order valence-electron chi connectivity index (χ3n) is 4.27. The number of hydrogen-bond donors (Lipinski definition) is 1. The van der Waals surface area contributed by atoms with Crippen LogP contribution in [0.3, 0.4) is 0 Å². The number of halogens is 1. The van der Waals surface area contributed by atoms with Gasteiger partial charge in [0.1, 0.15) is 0 Å². The van der Waals surface area contributed by atoms with E-state index in [0.29, 0.717) is 11.4 Å². The number of rotatable bonds is 7. The van der Waals surface area contributed by atoms with E-state index in [0.717, 1.165) is 29.9 Å². The van der Waals surface area contributed by atoms with E-state index in [1.807, 2.05) is 48.5 Å².